The Hall–Kier alpha value is -1.95. The Morgan fingerprint density at radius 1 is 1.22 bits per heavy atom. The summed E-state index contributed by atoms with van der Waals surface area (Å²) >= 11 is 0. The van der Waals surface area contributed by atoms with Crippen LogP contribution in [0.3, 0.4) is 0 Å². The van der Waals surface area contributed by atoms with E-state index in [1.54, 1.807) is 6.07 Å². The number of methoxy groups -OCH3 is 1. The summed E-state index contributed by atoms with van der Waals surface area (Å²) in [7, 11) is 1.51. The van der Waals surface area contributed by atoms with Crippen LogP contribution in [-0.2, 0) is 11.3 Å². The number of alkyl carbamates (subject to hydrolysis) is 1. The molecule has 0 fully saturated rings. The fraction of sp³-hybridized carbons (Fsp3) is 0.588. The van der Waals surface area contributed by atoms with E-state index in [0.29, 0.717) is 18.8 Å². The van der Waals surface area contributed by atoms with Crippen LogP contribution in [0.5, 0.6) is 11.5 Å². The van der Waals surface area contributed by atoms with Gasteiger partial charge in [-0.05, 0) is 40.7 Å². The Kier molecular flexibility index (Phi) is 6.27. The second kappa shape index (κ2) is 7.55. The van der Waals surface area contributed by atoms with E-state index in [2.05, 4.69) is 10.6 Å². The van der Waals surface area contributed by atoms with Gasteiger partial charge in [0.1, 0.15) is 5.60 Å². The molecule has 0 bridgehead atoms. The van der Waals surface area contributed by atoms with E-state index in [4.69, 9.17) is 9.47 Å². The van der Waals surface area contributed by atoms with E-state index >= 15 is 0 Å². The lowest BCUT2D eigenvalue weighted by molar-refractivity contribution is 0.0472. The number of amides is 1. The van der Waals surface area contributed by atoms with Gasteiger partial charge in [-0.25, -0.2) is 4.79 Å². The van der Waals surface area contributed by atoms with Gasteiger partial charge in [-0.3, -0.25) is 0 Å². The van der Waals surface area contributed by atoms with Crippen molar-refractivity contribution in [2.75, 3.05) is 13.7 Å². The highest BCUT2D eigenvalue weighted by Crippen LogP contribution is 2.29. The average molecular weight is 324 g/mol. The molecule has 1 amide bonds. The molecule has 0 aliphatic rings. The number of para-hydroxylation sites is 1. The third kappa shape index (κ3) is 6.78. The van der Waals surface area contributed by atoms with Crippen LogP contribution in [0.25, 0.3) is 0 Å². The van der Waals surface area contributed by atoms with Crippen molar-refractivity contribution in [3.63, 3.8) is 0 Å². The first-order valence-electron chi connectivity index (χ1n) is 7.61. The lowest BCUT2D eigenvalue weighted by Crippen LogP contribution is -2.51. The van der Waals surface area contributed by atoms with Gasteiger partial charge in [-0.2, -0.15) is 0 Å². The summed E-state index contributed by atoms with van der Waals surface area (Å²) in [5.74, 6) is 0.566. The summed E-state index contributed by atoms with van der Waals surface area (Å²) in [4.78, 5) is 11.8. The molecule has 6 nitrogen and oxygen atoms in total. The molecule has 0 unspecified atom stereocenters. The van der Waals surface area contributed by atoms with Crippen molar-refractivity contribution in [1.29, 1.82) is 0 Å². The van der Waals surface area contributed by atoms with E-state index in [9.17, 15) is 9.90 Å². The molecule has 1 aromatic rings. The first kappa shape index (κ1) is 19.1. The second-order valence-corrected chi connectivity index (χ2v) is 7.08. The summed E-state index contributed by atoms with van der Waals surface area (Å²) in [6, 6.07) is 5.34. The number of phenols is 1. The third-order valence-electron chi connectivity index (χ3n) is 3.02. The van der Waals surface area contributed by atoms with Crippen LogP contribution in [0.2, 0.25) is 0 Å². The molecule has 0 saturated heterocycles. The standard InChI is InChI=1S/C17H28N2O4/c1-16(2,3)23-15(21)19-17(4,5)11-18-10-12-8-7-9-13(22-6)14(12)20/h7-9,18,20H,10-11H2,1-6H3,(H,19,21). The van der Waals surface area contributed by atoms with Gasteiger partial charge in [0.05, 0.1) is 12.6 Å². The quantitative estimate of drug-likeness (QED) is 0.750. The highest BCUT2D eigenvalue weighted by molar-refractivity contribution is 5.68. The van der Waals surface area contributed by atoms with Crippen LogP contribution < -0.4 is 15.4 Å². The predicted octanol–water partition coefficient (Wildman–Crippen LogP) is 2.79. The number of carbonyl (C=O) groups is 1. The van der Waals surface area contributed by atoms with Crippen molar-refractivity contribution < 1.29 is 19.4 Å². The molecule has 6 heteroatoms. The number of benzene rings is 1. The summed E-state index contributed by atoms with van der Waals surface area (Å²) in [5.41, 5.74) is -0.283. The normalized spacial score (nSPS) is 11.9. The van der Waals surface area contributed by atoms with Crippen LogP contribution in [0, 0.1) is 0 Å². The molecule has 3 N–H and O–H groups in total. The van der Waals surface area contributed by atoms with E-state index < -0.39 is 17.2 Å². The zero-order valence-corrected chi connectivity index (χ0v) is 14.8. The predicted molar refractivity (Wildman–Crippen MR) is 89.8 cm³/mol. The van der Waals surface area contributed by atoms with Gasteiger partial charge in [0.25, 0.3) is 0 Å². The highest BCUT2D eigenvalue weighted by Gasteiger charge is 2.24. The maximum absolute atomic E-state index is 11.8. The van der Waals surface area contributed by atoms with Crippen LogP contribution in [-0.4, -0.2) is 36.0 Å². The minimum atomic E-state index is -0.528. The van der Waals surface area contributed by atoms with E-state index in [0.717, 1.165) is 5.56 Å². The maximum atomic E-state index is 11.8. The minimum absolute atomic E-state index is 0.125. The Bertz CT molecular complexity index is 536. The molecule has 0 radical (unpaired) electrons. The first-order valence-corrected chi connectivity index (χ1v) is 7.61. The highest BCUT2D eigenvalue weighted by atomic mass is 16.6. The Labute approximate surface area is 138 Å². The largest absolute Gasteiger partial charge is 0.504 e. The van der Waals surface area contributed by atoms with Gasteiger partial charge in [0.15, 0.2) is 11.5 Å². The van der Waals surface area contributed by atoms with Crippen LogP contribution in [0.15, 0.2) is 18.2 Å². The Morgan fingerprint density at radius 2 is 1.87 bits per heavy atom. The molecule has 0 aromatic heterocycles. The molecule has 0 aliphatic carbocycles. The first-order chi connectivity index (χ1) is 10.5. The molecule has 0 atom stereocenters. The van der Waals surface area contributed by atoms with Crippen molar-refractivity contribution in [1.82, 2.24) is 10.6 Å². The van der Waals surface area contributed by atoms with Gasteiger partial charge in [-0.15, -0.1) is 0 Å². The number of carbonyl (C=O) groups excluding carboxylic acids is 1. The second-order valence-electron chi connectivity index (χ2n) is 7.08. The molecule has 0 spiro atoms. The summed E-state index contributed by atoms with van der Waals surface area (Å²) in [5, 5.41) is 16.1. The SMILES string of the molecule is COc1cccc(CNCC(C)(C)NC(=O)OC(C)(C)C)c1O. The molecular formula is C17H28N2O4. The summed E-state index contributed by atoms with van der Waals surface area (Å²) in [6.45, 7) is 10.2. The number of aromatic hydroxyl groups is 1. The zero-order chi connectivity index (χ0) is 17.7. The van der Waals surface area contributed by atoms with Gasteiger partial charge >= 0.3 is 6.09 Å². The molecule has 0 saturated carbocycles. The number of hydrogen-bond donors (Lipinski definition) is 3. The van der Waals surface area contributed by atoms with Crippen molar-refractivity contribution in [2.45, 2.75) is 52.3 Å². The minimum Gasteiger partial charge on any atom is -0.504 e. The zero-order valence-electron chi connectivity index (χ0n) is 14.8. The van der Waals surface area contributed by atoms with Crippen molar-refractivity contribution in [3.8, 4) is 11.5 Å². The third-order valence-corrected chi connectivity index (χ3v) is 3.02. The van der Waals surface area contributed by atoms with Crippen molar-refractivity contribution in [3.05, 3.63) is 23.8 Å². The smallest absolute Gasteiger partial charge is 0.408 e. The fourth-order valence-corrected chi connectivity index (χ4v) is 2.01. The molecule has 0 heterocycles. The number of hydrogen-bond acceptors (Lipinski definition) is 5. The topological polar surface area (TPSA) is 79.8 Å². The molecule has 1 aromatic carbocycles. The van der Waals surface area contributed by atoms with Gasteiger partial charge in [-0.1, -0.05) is 12.1 Å². The Morgan fingerprint density at radius 3 is 2.43 bits per heavy atom. The molecule has 0 aliphatic heterocycles. The monoisotopic (exact) mass is 324 g/mol. The number of ether oxygens (including phenoxy) is 2. The number of nitrogens with one attached hydrogen (secondary N) is 2. The van der Waals surface area contributed by atoms with Crippen LogP contribution >= 0.6 is 0 Å². The lowest BCUT2D eigenvalue weighted by atomic mass is 10.1. The van der Waals surface area contributed by atoms with Gasteiger partial charge < -0.3 is 25.2 Å². The van der Waals surface area contributed by atoms with Crippen LogP contribution in [0.4, 0.5) is 4.79 Å². The molecule has 1 rings (SSSR count). The maximum Gasteiger partial charge on any atom is 0.408 e. The van der Waals surface area contributed by atoms with Gasteiger partial charge in [0.2, 0.25) is 0 Å². The summed E-state index contributed by atoms with van der Waals surface area (Å²) in [6.07, 6.45) is -0.450. The van der Waals surface area contributed by atoms with Crippen molar-refractivity contribution >= 4 is 6.09 Å². The Balaban J connectivity index is 2.52. The van der Waals surface area contributed by atoms with Crippen LogP contribution in [0.1, 0.15) is 40.2 Å². The van der Waals surface area contributed by atoms with Gasteiger partial charge in [0, 0.05) is 18.7 Å². The van der Waals surface area contributed by atoms with E-state index in [-0.39, 0.29) is 5.75 Å². The average Bonchev–Trinajstić information content (AvgIpc) is 2.37. The van der Waals surface area contributed by atoms with E-state index in [1.165, 1.54) is 7.11 Å². The number of rotatable bonds is 6. The fourth-order valence-electron chi connectivity index (χ4n) is 2.01. The number of phenolic OH excluding ortho intramolecular Hbond substituents is 1. The molecule has 130 valence electrons. The lowest BCUT2D eigenvalue weighted by Gasteiger charge is -2.29. The van der Waals surface area contributed by atoms with Crippen molar-refractivity contribution in [2.24, 2.45) is 0 Å². The molecular weight excluding hydrogens is 296 g/mol. The molecule has 23 heavy (non-hydrogen) atoms. The summed E-state index contributed by atoms with van der Waals surface area (Å²) < 4.78 is 10.3. The van der Waals surface area contributed by atoms with E-state index in [1.807, 2.05) is 46.8 Å².